The van der Waals surface area contributed by atoms with E-state index in [2.05, 4.69) is 31.5 Å². The van der Waals surface area contributed by atoms with Gasteiger partial charge in [0.25, 0.3) is 5.91 Å². The molecule has 5 aromatic rings. The quantitative estimate of drug-likeness (QED) is 0.239. The molecule has 5 rings (SSSR count). The fourth-order valence-corrected chi connectivity index (χ4v) is 4.37. The predicted molar refractivity (Wildman–Crippen MR) is 139 cm³/mol. The van der Waals surface area contributed by atoms with Crippen molar-refractivity contribution in [1.82, 2.24) is 4.57 Å². The van der Waals surface area contributed by atoms with Gasteiger partial charge in [-0.3, -0.25) is 4.79 Å². The van der Waals surface area contributed by atoms with Crippen LogP contribution in [0.2, 0.25) is 0 Å². The number of nitrogens with one attached hydrogen (secondary N) is 1. The Bertz CT molecular complexity index is 1520. The Labute approximate surface area is 204 Å². The molecule has 0 saturated heterocycles. The molecule has 0 spiro atoms. The van der Waals surface area contributed by atoms with Crippen LogP contribution in [0.5, 0.6) is 5.88 Å². The largest absolute Gasteiger partial charge is 0.493 e. The van der Waals surface area contributed by atoms with Crippen LogP contribution in [-0.2, 0) is 11.3 Å². The molecule has 1 heterocycles. The Morgan fingerprint density at radius 2 is 1.68 bits per heavy atom. The van der Waals surface area contributed by atoms with Gasteiger partial charge in [0.2, 0.25) is 5.88 Å². The first-order valence-electron chi connectivity index (χ1n) is 10.8. The number of halogens is 1. The van der Waals surface area contributed by atoms with Gasteiger partial charge in [-0.05, 0) is 35.2 Å². The number of azo groups is 1. The van der Waals surface area contributed by atoms with E-state index in [0.29, 0.717) is 11.9 Å². The summed E-state index contributed by atoms with van der Waals surface area (Å²) in [7, 11) is 0. The SMILES string of the molecule is O=C(CNc1cccc2ccccc12)N=Nc1c(O)n(Cc2ccccc2)c2ccc(Br)cc12. The summed E-state index contributed by atoms with van der Waals surface area (Å²) in [4.78, 5) is 12.5. The molecule has 0 aliphatic heterocycles. The summed E-state index contributed by atoms with van der Waals surface area (Å²) in [6.07, 6.45) is 0. The molecular weight excluding hydrogens is 492 g/mol. The first-order chi connectivity index (χ1) is 16.6. The normalized spacial score (nSPS) is 11.4. The third-order valence-electron chi connectivity index (χ3n) is 5.64. The van der Waals surface area contributed by atoms with Crippen molar-refractivity contribution in [3.8, 4) is 5.88 Å². The molecule has 0 fully saturated rings. The van der Waals surface area contributed by atoms with Gasteiger partial charge < -0.3 is 15.0 Å². The van der Waals surface area contributed by atoms with Crippen molar-refractivity contribution in [3.05, 3.63) is 101 Å². The second kappa shape index (κ2) is 9.49. The summed E-state index contributed by atoms with van der Waals surface area (Å²) in [5, 5.41) is 25.0. The second-order valence-electron chi connectivity index (χ2n) is 7.88. The molecule has 0 unspecified atom stereocenters. The number of carbonyl (C=O) groups is 1. The van der Waals surface area contributed by atoms with Crippen molar-refractivity contribution in [1.29, 1.82) is 0 Å². The summed E-state index contributed by atoms with van der Waals surface area (Å²) < 4.78 is 2.61. The molecule has 0 bridgehead atoms. The highest BCUT2D eigenvalue weighted by Gasteiger charge is 2.18. The van der Waals surface area contributed by atoms with Crippen LogP contribution in [0.15, 0.2) is 106 Å². The van der Waals surface area contributed by atoms with Gasteiger partial charge in [0.1, 0.15) is 0 Å². The molecule has 0 saturated carbocycles. The Morgan fingerprint density at radius 3 is 2.53 bits per heavy atom. The van der Waals surface area contributed by atoms with E-state index in [1.54, 1.807) is 4.57 Å². The number of amides is 1. The molecule has 0 atom stereocenters. The van der Waals surface area contributed by atoms with Crippen LogP contribution in [0, 0.1) is 0 Å². The van der Waals surface area contributed by atoms with Crippen molar-refractivity contribution >= 4 is 54.9 Å². The van der Waals surface area contributed by atoms with Gasteiger partial charge in [-0.25, -0.2) is 0 Å². The van der Waals surface area contributed by atoms with Crippen LogP contribution >= 0.6 is 15.9 Å². The van der Waals surface area contributed by atoms with E-state index in [4.69, 9.17) is 0 Å². The topological polar surface area (TPSA) is 79.0 Å². The van der Waals surface area contributed by atoms with Gasteiger partial charge in [-0.1, -0.05) is 82.7 Å². The molecule has 4 aromatic carbocycles. The Kier molecular flexibility index (Phi) is 6.10. The van der Waals surface area contributed by atoms with Gasteiger partial charge in [-0.15, -0.1) is 10.2 Å². The molecule has 34 heavy (non-hydrogen) atoms. The van der Waals surface area contributed by atoms with Crippen LogP contribution in [0.1, 0.15) is 5.56 Å². The highest BCUT2D eigenvalue weighted by atomic mass is 79.9. The summed E-state index contributed by atoms with van der Waals surface area (Å²) in [5.74, 6) is -0.471. The van der Waals surface area contributed by atoms with Crippen LogP contribution in [0.25, 0.3) is 21.7 Å². The standard InChI is InChI=1S/C27H21BrN4O2/c28-20-13-14-24-22(15-20)26(27(34)32(24)17-18-7-2-1-3-8-18)31-30-25(33)16-29-23-12-6-10-19-9-4-5-11-21(19)23/h1-15,29,34H,16-17H2. The maximum Gasteiger partial charge on any atom is 0.283 e. The number of fused-ring (bicyclic) bond motifs is 2. The van der Waals surface area contributed by atoms with Gasteiger partial charge in [0.05, 0.1) is 18.6 Å². The van der Waals surface area contributed by atoms with Crippen LogP contribution in [0.4, 0.5) is 11.4 Å². The maximum atomic E-state index is 12.5. The fourth-order valence-electron chi connectivity index (χ4n) is 4.01. The number of anilines is 1. The highest BCUT2D eigenvalue weighted by Crippen LogP contribution is 2.40. The van der Waals surface area contributed by atoms with Gasteiger partial charge in [0, 0.05) is 20.9 Å². The number of hydrogen-bond donors (Lipinski definition) is 2. The molecule has 0 aliphatic carbocycles. The lowest BCUT2D eigenvalue weighted by atomic mass is 10.1. The third kappa shape index (κ3) is 4.43. The van der Waals surface area contributed by atoms with Gasteiger partial charge >= 0.3 is 0 Å². The van der Waals surface area contributed by atoms with E-state index < -0.39 is 5.91 Å². The summed E-state index contributed by atoms with van der Waals surface area (Å²) in [6, 6.07) is 29.4. The maximum absolute atomic E-state index is 12.5. The zero-order valence-corrected chi connectivity index (χ0v) is 19.7. The van der Waals surface area contributed by atoms with E-state index in [0.717, 1.165) is 32.0 Å². The van der Waals surface area contributed by atoms with E-state index in [1.807, 2.05) is 91.0 Å². The number of hydrogen-bond acceptors (Lipinski definition) is 4. The van der Waals surface area contributed by atoms with Crippen LogP contribution in [-0.4, -0.2) is 22.1 Å². The van der Waals surface area contributed by atoms with Gasteiger partial charge in [-0.2, -0.15) is 0 Å². The highest BCUT2D eigenvalue weighted by molar-refractivity contribution is 9.10. The van der Waals surface area contributed by atoms with E-state index in [1.165, 1.54) is 0 Å². The number of carbonyl (C=O) groups excluding carboxylic acids is 1. The van der Waals surface area contributed by atoms with E-state index in [-0.39, 0.29) is 18.1 Å². The molecule has 1 aromatic heterocycles. The van der Waals surface area contributed by atoms with Crippen molar-refractivity contribution in [2.75, 3.05) is 11.9 Å². The third-order valence-corrected chi connectivity index (χ3v) is 6.13. The first-order valence-corrected chi connectivity index (χ1v) is 11.6. The lowest BCUT2D eigenvalue weighted by molar-refractivity contribution is -0.116. The van der Waals surface area contributed by atoms with Crippen molar-refractivity contribution in [2.24, 2.45) is 10.2 Å². The van der Waals surface area contributed by atoms with Gasteiger partial charge in [0.15, 0.2) is 5.69 Å². The zero-order valence-electron chi connectivity index (χ0n) is 18.1. The smallest absolute Gasteiger partial charge is 0.283 e. The predicted octanol–water partition coefficient (Wildman–Crippen LogP) is 7.03. The summed E-state index contributed by atoms with van der Waals surface area (Å²) in [5.41, 5.74) is 2.97. The average molecular weight is 513 g/mol. The molecule has 0 aliphatic rings. The molecule has 2 N–H and O–H groups in total. The van der Waals surface area contributed by atoms with Crippen molar-refractivity contribution < 1.29 is 9.90 Å². The van der Waals surface area contributed by atoms with E-state index >= 15 is 0 Å². The number of aromatic hydroxyl groups is 1. The van der Waals surface area contributed by atoms with Crippen molar-refractivity contribution in [2.45, 2.75) is 6.54 Å². The molecule has 7 heteroatoms. The molecule has 1 amide bonds. The number of benzene rings is 4. The Balaban J connectivity index is 1.40. The van der Waals surface area contributed by atoms with Crippen molar-refractivity contribution in [3.63, 3.8) is 0 Å². The second-order valence-corrected chi connectivity index (χ2v) is 8.80. The van der Waals surface area contributed by atoms with Crippen LogP contribution < -0.4 is 5.32 Å². The number of rotatable bonds is 6. The number of aromatic nitrogens is 1. The lowest BCUT2D eigenvalue weighted by Crippen LogP contribution is -2.11. The first kappa shape index (κ1) is 21.9. The summed E-state index contributed by atoms with van der Waals surface area (Å²) in [6.45, 7) is 0.460. The van der Waals surface area contributed by atoms with Crippen LogP contribution in [0.3, 0.4) is 0 Å². The Hall–Kier alpha value is -3.97. The van der Waals surface area contributed by atoms with E-state index in [9.17, 15) is 9.90 Å². The Morgan fingerprint density at radius 1 is 0.912 bits per heavy atom. The minimum absolute atomic E-state index is 0.00931. The minimum atomic E-state index is -0.439. The zero-order chi connectivity index (χ0) is 23.5. The fraction of sp³-hybridized carbons (Fsp3) is 0.0741. The molecule has 6 nitrogen and oxygen atoms in total. The molecular formula is C27H21BrN4O2. The molecule has 0 radical (unpaired) electrons. The monoisotopic (exact) mass is 512 g/mol. The summed E-state index contributed by atoms with van der Waals surface area (Å²) >= 11 is 3.48. The number of nitrogens with zero attached hydrogens (tertiary/aromatic N) is 3. The minimum Gasteiger partial charge on any atom is -0.493 e. The molecule has 168 valence electrons. The average Bonchev–Trinajstić information content (AvgIpc) is 3.11. The lowest BCUT2D eigenvalue weighted by Gasteiger charge is -2.07.